The Kier molecular flexibility index (Phi) is 6.70. The minimum absolute atomic E-state index is 0.270. The summed E-state index contributed by atoms with van der Waals surface area (Å²) in [6.45, 7) is 0. The van der Waals surface area contributed by atoms with Gasteiger partial charge in [-0.25, -0.2) is 10.2 Å². The third-order valence-electron chi connectivity index (χ3n) is 3.81. The maximum absolute atomic E-state index is 12.4. The summed E-state index contributed by atoms with van der Waals surface area (Å²) >= 11 is 3.33. The van der Waals surface area contributed by atoms with E-state index in [0.717, 1.165) is 0 Å². The van der Waals surface area contributed by atoms with Gasteiger partial charge in [-0.3, -0.25) is 9.78 Å². The van der Waals surface area contributed by atoms with Gasteiger partial charge in [-0.2, -0.15) is 5.10 Å². The lowest BCUT2D eigenvalue weighted by Crippen LogP contribution is -2.17. The first-order chi connectivity index (χ1) is 14.1. The highest BCUT2D eigenvalue weighted by Gasteiger charge is 2.15. The number of nitrogens with zero attached hydrogens (tertiary/aromatic N) is 2. The molecule has 8 heteroatoms. The molecule has 0 aliphatic rings. The van der Waals surface area contributed by atoms with Crippen LogP contribution in [0.2, 0.25) is 0 Å². The lowest BCUT2D eigenvalue weighted by molar-refractivity contribution is 0.0728. The first-order valence-electron chi connectivity index (χ1n) is 8.46. The van der Waals surface area contributed by atoms with E-state index in [-0.39, 0.29) is 11.7 Å². The molecular weight excluding hydrogens is 438 g/mol. The van der Waals surface area contributed by atoms with Crippen molar-refractivity contribution in [2.75, 3.05) is 7.11 Å². The van der Waals surface area contributed by atoms with Crippen molar-refractivity contribution in [3.63, 3.8) is 0 Å². The van der Waals surface area contributed by atoms with Crippen LogP contribution in [0.1, 0.15) is 26.3 Å². The van der Waals surface area contributed by atoms with Gasteiger partial charge in [0.15, 0.2) is 11.5 Å². The third-order valence-corrected chi connectivity index (χ3v) is 4.50. The van der Waals surface area contributed by atoms with Gasteiger partial charge in [0.2, 0.25) is 0 Å². The Morgan fingerprint density at radius 2 is 1.83 bits per heavy atom. The number of halogens is 1. The van der Waals surface area contributed by atoms with Crippen molar-refractivity contribution in [2.45, 2.75) is 0 Å². The van der Waals surface area contributed by atoms with Crippen LogP contribution in [-0.2, 0) is 0 Å². The second-order valence-electron chi connectivity index (χ2n) is 5.71. The SMILES string of the molecule is COc1cc(/C=N\NC(=O)c2ccncc2)ccc1OC(=O)c1ccccc1Br. The largest absolute Gasteiger partial charge is 0.493 e. The van der Waals surface area contributed by atoms with E-state index in [1.807, 2.05) is 6.07 Å². The number of nitrogens with one attached hydrogen (secondary N) is 1. The molecule has 0 saturated heterocycles. The number of pyridine rings is 1. The van der Waals surface area contributed by atoms with Crippen molar-refractivity contribution < 1.29 is 19.1 Å². The van der Waals surface area contributed by atoms with Gasteiger partial charge in [0, 0.05) is 22.4 Å². The number of rotatable bonds is 6. The van der Waals surface area contributed by atoms with E-state index in [2.05, 4.69) is 31.4 Å². The summed E-state index contributed by atoms with van der Waals surface area (Å²) in [5, 5.41) is 3.93. The van der Waals surface area contributed by atoms with Crippen molar-refractivity contribution in [2.24, 2.45) is 5.10 Å². The molecule has 1 aromatic heterocycles. The molecular formula is C21H16BrN3O4. The molecule has 0 aliphatic carbocycles. The quantitative estimate of drug-likeness (QED) is 0.265. The smallest absolute Gasteiger partial charge is 0.344 e. The first-order valence-corrected chi connectivity index (χ1v) is 9.26. The van der Waals surface area contributed by atoms with E-state index in [1.165, 1.54) is 25.7 Å². The van der Waals surface area contributed by atoms with E-state index in [0.29, 0.717) is 26.9 Å². The second kappa shape index (κ2) is 9.61. The summed E-state index contributed by atoms with van der Waals surface area (Å²) in [6.07, 6.45) is 4.51. The molecule has 0 fully saturated rings. The topological polar surface area (TPSA) is 89.9 Å². The summed E-state index contributed by atoms with van der Waals surface area (Å²) < 4.78 is 11.4. The van der Waals surface area contributed by atoms with Crippen LogP contribution in [0.3, 0.4) is 0 Å². The van der Waals surface area contributed by atoms with E-state index < -0.39 is 5.97 Å². The van der Waals surface area contributed by atoms with Crippen LogP contribution in [-0.4, -0.2) is 30.2 Å². The zero-order chi connectivity index (χ0) is 20.6. The number of hydrazone groups is 1. The van der Waals surface area contributed by atoms with E-state index in [4.69, 9.17) is 9.47 Å². The van der Waals surface area contributed by atoms with Gasteiger partial charge in [0.25, 0.3) is 5.91 Å². The lowest BCUT2D eigenvalue weighted by Gasteiger charge is -2.10. The van der Waals surface area contributed by atoms with Crippen LogP contribution in [0.4, 0.5) is 0 Å². The molecule has 3 rings (SSSR count). The summed E-state index contributed by atoms with van der Waals surface area (Å²) in [5.41, 5.74) is 3.93. The fraction of sp³-hybridized carbons (Fsp3) is 0.0476. The number of carbonyl (C=O) groups excluding carboxylic acids is 2. The van der Waals surface area contributed by atoms with Crippen molar-refractivity contribution in [3.05, 3.63) is 88.2 Å². The molecule has 0 spiro atoms. The number of aromatic nitrogens is 1. The normalized spacial score (nSPS) is 10.6. The molecule has 1 amide bonds. The predicted molar refractivity (Wildman–Crippen MR) is 111 cm³/mol. The highest BCUT2D eigenvalue weighted by Crippen LogP contribution is 2.29. The number of amides is 1. The maximum Gasteiger partial charge on any atom is 0.344 e. The van der Waals surface area contributed by atoms with Crippen molar-refractivity contribution >= 4 is 34.0 Å². The molecule has 3 aromatic rings. The molecule has 7 nitrogen and oxygen atoms in total. The van der Waals surface area contributed by atoms with Crippen molar-refractivity contribution in [1.29, 1.82) is 0 Å². The van der Waals surface area contributed by atoms with Crippen LogP contribution < -0.4 is 14.9 Å². The molecule has 0 radical (unpaired) electrons. The zero-order valence-electron chi connectivity index (χ0n) is 15.3. The average Bonchev–Trinajstić information content (AvgIpc) is 2.75. The Morgan fingerprint density at radius 1 is 1.07 bits per heavy atom. The average molecular weight is 454 g/mol. The number of esters is 1. The minimum atomic E-state index is -0.512. The molecule has 2 aromatic carbocycles. The Bertz CT molecular complexity index is 1050. The Hall–Kier alpha value is -3.52. The molecule has 1 heterocycles. The highest BCUT2D eigenvalue weighted by molar-refractivity contribution is 9.10. The third kappa shape index (κ3) is 5.26. The van der Waals surface area contributed by atoms with Gasteiger partial charge >= 0.3 is 5.97 Å². The van der Waals surface area contributed by atoms with Gasteiger partial charge in [0.05, 0.1) is 18.9 Å². The summed E-state index contributed by atoms with van der Waals surface area (Å²) in [4.78, 5) is 28.2. The van der Waals surface area contributed by atoms with E-state index in [1.54, 1.807) is 48.5 Å². The standard InChI is InChI=1S/C21H16BrN3O4/c1-28-19-12-14(13-24-25-20(26)15-8-10-23-11-9-15)6-7-18(19)29-21(27)16-4-2-3-5-17(16)22/h2-13H,1H3,(H,25,26)/b24-13-. The molecule has 0 atom stereocenters. The first kappa shape index (κ1) is 20.2. The molecule has 0 bridgehead atoms. The Morgan fingerprint density at radius 3 is 2.55 bits per heavy atom. The molecule has 146 valence electrons. The molecule has 0 unspecified atom stereocenters. The monoisotopic (exact) mass is 453 g/mol. The molecule has 1 N–H and O–H groups in total. The minimum Gasteiger partial charge on any atom is -0.493 e. The zero-order valence-corrected chi connectivity index (χ0v) is 16.9. The van der Waals surface area contributed by atoms with Gasteiger partial charge < -0.3 is 9.47 Å². The number of benzene rings is 2. The fourth-order valence-electron chi connectivity index (χ4n) is 2.36. The van der Waals surface area contributed by atoms with Crippen LogP contribution in [0.15, 0.2) is 76.6 Å². The van der Waals surface area contributed by atoms with E-state index >= 15 is 0 Å². The van der Waals surface area contributed by atoms with Crippen LogP contribution in [0.5, 0.6) is 11.5 Å². The molecule has 0 aliphatic heterocycles. The summed E-state index contributed by atoms with van der Waals surface area (Å²) in [7, 11) is 1.47. The fourth-order valence-corrected chi connectivity index (χ4v) is 2.81. The van der Waals surface area contributed by atoms with Crippen LogP contribution >= 0.6 is 15.9 Å². The predicted octanol–water partition coefficient (Wildman–Crippen LogP) is 3.84. The number of methoxy groups -OCH3 is 1. The summed E-state index contributed by atoms with van der Waals surface area (Å²) in [5.74, 6) is -0.238. The van der Waals surface area contributed by atoms with Crippen LogP contribution in [0.25, 0.3) is 0 Å². The summed E-state index contributed by atoms with van der Waals surface area (Å²) in [6, 6.07) is 15.1. The van der Waals surface area contributed by atoms with Crippen LogP contribution in [0, 0.1) is 0 Å². The Balaban J connectivity index is 1.69. The number of ether oxygens (including phenoxy) is 2. The lowest BCUT2D eigenvalue weighted by atomic mass is 10.2. The highest BCUT2D eigenvalue weighted by atomic mass is 79.9. The van der Waals surface area contributed by atoms with E-state index in [9.17, 15) is 9.59 Å². The molecule has 0 saturated carbocycles. The second-order valence-corrected chi connectivity index (χ2v) is 6.57. The van der Waals surface area contributed by atoms with Crippen molar-refractivity contribution in [3.8, 4) is 11.5 Å². The van der Waals surface area contributed by atoms with Gasteiger partial charge in [-0.1, -0.05) is 12.1 Å². The van der Waals surface area contributed by atoms with Crippen molar-refractivity contribution in [1.82, 2.24) is 10.4 Å². The maximum atomic E-state index is 12.4. The Labute approximate surface area is 175 Å². The number of carbonyl (C=O) groups is 2. The molecule has 29 heavy (non-hydrogen) atoms. The number of hydrogen-bond acceptors (Lipinski definition) is 6. The van der Waals surface area contributed by atoms with Gasteiger partial charge in [-0.15, -0.1) is 0 Å². The number of hydrogen-bond donors (Lipinski definition) is 1. The van der Waals surface area contributed by atoms with Gasteiger partial charge in [0.1, 0.15) is 0 Å². The van der Waals surface area contributed by atoms with Gasteiger partial charge in [-0.05, 0) is 64.0 Å².